The zero-order valence-corrected chi connectivity index (χ0v) is 15.8. The average molecular weight is 376 g/mol. The number of ether oxygens (including phenoxy) is 1. The number of hydrogen-bond acceptors (Lipinski definition) is 5. The number of likely N-dealkylation sites (tertiary alicyclic amines) is 1. The van der Waals surface area contributed by atoms with E-state index in [-0.39, 0.29) is 23.1 Å². The van der Waals surface area contributed by atoms with Crippen LogP contribution in [0.3, 0.4) is 0 Å². The Hall–Kier alpha value is -2.28. The van der Waals surface area contributed by atoms with E-state index in [2.05, 4.69) is 4.98 Å². The molecular weight excluding hydrogens is 355 g/mol. The van der Waals surface area contributed by atoms with Crippen molar-refractivity contribution in [3.63, 3.8) is 0 Å². The number of esters is 1. The van der Waals surface area contributed by atoms with E-state index in [9.17, 15) is 14.0 Å². The van der Waals surface area contributed by atoms with Gasteiger partial charge in [0.05, 0.1) is 18.7 Å². The molecule has 138 valence electrons. The van der Waals surface area contributed by atoms with Gasteiger partial charge in [-0.15, -0.1) is 11.3 Å². The van der Waals surface area contributed by atoms with Crippen LogP contribution in [0, 0.1) is 6.92 Å². The molecule has 1 aromatic heterocycles. The van der Waals surface area contributed by atoms with Gasteiger partial charge in [0.1, 0.15) is 11.2 Å². The summed E-state index contributed by atoms with van der Waals surface area (Å²) in [5, 5.41) is 2.88. The first-order valence-electron chi connectivity index (χ1n) is 8.51. The van der Waals surface area contributed by atoms with Crippen molar-refractivity contribution in [2.75, 3.05) is 13.7 Å². The molecule has 1 saturated heterocycles. The Morgan fingerprint density at radius 2 is 2.08 bits per heavy atom. The van der Waals surface area contributed by atoms with E-state index in [1.165, 1.54) is 32.2 Å². The molecule has 3 rings (SSSR count). The van der Waals surface area contributed by atoms with Crippen molar-refractivity contribution in [3.8, 4) is 0 Å². The zero-order chi connectivity index (χ0) is 18.8. The third-order valence-electron chi connectivity index (χ3n) is 4.52. The molecule has 1 aromatic carbocycles. The van der Waals surface area contributed by atoms with Crippen molar-refractivity contribution in [1.29, 1.82) is 0 Å². The molecule has 0 radical (unpaired) electrons. The van der Waals surface area contributed by atoms with Gasteiger partial charge in [-0.3, -0.25) is 4.79 Å². The van der Waals surface area contributed by atoms with Crippen molar-refractivity contribution >= 4 is 23.2 Å². The minimum Gasteiger partial charge on any atom is -0.465 e. The van der Waals surface area contributed by atoms with E-state index in [0.29, 0.717) is 12.1 Å². The lowest BCUT2D eigenvalue weighted by molar-refractivity contribution is 0.0600. The molecule has 2 heterocycles. The highest BCUT2D eigenvalue weighted by Crippen LogP contribution is 2.35. The van der Waals surface area contributed by atoms with Gasteiger partial charge in [0.25, 0.3) is 5.91 Å². The van der Waals surface area contributed by atoms with E-state index < -0.39 is 12.1 Å². The number of hydrogen-bond donors (Lipinski definition) is 0. The predicted octanol–water partition coefficient (Wildman–Crippen LogP) is 4.25. The highest BCUT2D eigenvalue weighted by molar-refractivity contribution is 7.09. The van der Waals surface area contributed by atoms with Crippen LogP contribution in [0.15, 0.2) is 23.6 Å². The van der Waals surface area contributed by atoms with E-state index >= 15 is 0 Å². The fourth-order valence-electron chi connectivity index (χ4n) is 3.20. The summed E-state index contributed by atoms with van der Waals surface area (Å²) in [6.07, 6.45) is 0.446. The van der Waals surface area contributed by atoms with E-state index in [1.807, 2.05) is 12.3 Å². The maximum absolute atomic E-state index is 13.9. The molecule has 1 amide bonds. The van der Waals surface area contributed by atoms with Gasteiger partial charge in [-0.05, 0) is 50.5 Å². The Kier molecular flexibility index (Phi) is 5.36. The number of halogens is 1. The SMILES string of the molecule is COC(=O)c1cc(C(=O)N2CCCC2c2nc(C)cs2)cc(C(C)F)c1. The predicted molar refractivity (Wildman–Crippen MR) is 97.2 cm³/mol. The second kappa shape index (κ2) is 7.53. The Labute approximate surface area is 155 Å². The molecule has 0 bridgehead atoms. The maximum atomic E-state index is 13.9. The molecule has 2 atom stereocenters. The van der Waals surface area contributed by atoms with E-state index in [4.69, 9.17) is 4.74 Å². The molecule has 26 heavy (non-hydrogen) atoms. The standard InChI is InChI=1S/C19H21FN2O3S/c1-11-10-26-17(21-11)16-5-4-6-22(16)18(23)14-7-13(12(2)20)8-15(9-14)19(24)25-3/h7-10,12,16H,4-6H2,1-3H3. The third-order valence-corrected chi connectivity index (χ3v) is 5.58. The minimum atomic E-state index is -1.29. The van der Waals surface area contributed by atoms with Crippen molar-refractivity contribution in [2.24, 2.45) is 0 Å². The molecule has 0 saturated carbocycles. The van der Waals surface area contributed by atoms with Gasteiger partial charge in [-0.2, -0.15) is 0 Å². The van der Waals surface area contributed by atoms with Gasteiger partial charge in [-0.25, -0.2) is 14.2 Å². The van der Waals surface area contributed by atoms with E-state index in [1.54, 1.807) is 16.2 Å². The molecule has 0 spiro atoms. The minimum absolute atomic E-state index is 0.0748. The van der Waals surface area contributed by atoms with Crippen LogP contribution in [-0.4, -0.2) is 35.4 Å². The Balaban J connectivity index is 1.95. The maximum Gasteiger partial charge on any atom is 0.337 e. The number of aryl methyl sites for hydroxylation is 1. The first-order chi connectivity index (χ1) is 12.4. The molecule has 2 unspecified atom stereocenters. The number of carbonyl (C=O) groups excluding carboxylic acids is 2. The number of alkyl halides is 1. The van der Waals surface area contributed by atoms with Gasteiger partial charge < -0.3 is 9.64 Å². The molecule has 2 aromatic rings. The molecule has 5 nitrogen and oxygen atoms in total. The lowest BCUT2D eigenvalue weighted by atomic mass is 10.0. The first kappa shape index (κ1) is 18.5. The van der Waals surface area contributed by atoms with Gasteiger partial charge in [0.2, 0.25) is 0 Å². The van der Waals surface area contributed by atoms with Crippen molar-refractivity contribution in [2.45, 2.75) is 38.9 Å². The summed E-state index contributed by atoms with van der Waals surface area (Å²) in [7, 11) is 1.26. The summed E-state index contributed by atoms with van der Waals surface area (Å²) >= 11 is 1.54. The normalized spacial score (nSPS) is 18.0. The number of thiazole rings is 1. The number of amides is 1. The van der Waals surface area contributed by atoms with Crippen LogP contribution < -0.4 is 0 Å². The van der Waals surface area contributed by atoms with Crippen LogP contribution in [0.5, 0.6) is 0 Å². The largest absolute Gasteiger partial charge is 0.465 e. The van der Waals surface area contributed by atoms with Crippen LogP contribution in [0.2, 0.25) is 0 Å². The summed E-state index contributed by atoms with van der Waals surface area (Å²) in [6.45, 7) is 3.92. The third kappa shape index (κ3) is 3.62. The summed E-state index contributed by atoms with van der Waals surface area (Å²) in [5.41, 5.74) is 1.70. The molecular formula is C19H21FN2O3S. The second-order valence-corrected chi connectivity index (χ2v) is 7.32. The molecule has 1 aliphatic rings. The van der Waals surface area contributed by atoms with Crippen LogP contribution in [-0.2, 0) is 4.74 Å². The topological polar surface area (TPSA) is 59.5 Å². The highest BCUT2D eigenvalue weighted by Gasteiger charge is 2.33. The van der Waals surface area contributed by atoms with Crippen LogP contribution in [0.25, 0.3) is 0 Å². The molecule has 1 aliphatic heterocycles. The van der Waals surface area contributed by atoms with Crippen molar-refractivity contribution in [3.05, 3.63) is 51.0 Å². The van der Waals surface area contributed by atoms with Crippen molar-refractivity contribution < 1.29 is 18.7 Å². The fraction of sp³-hybridized carbons (Fsp3) is 0.421. The number of aromatic nitrogens is 1. The molecule has 0 N–H and O–H groups in total. The summed E-state index contributed by atoms with van der Waals surface area (Å²) in [4.78, 5) is 31.3. The number of carbonyl (C=O) groups is 2. The van der Waals surface area contributed by atoms with Crippen LogP contribution in [0.1, 0.15) is 69.0 Å². The smallest absolute Gasteiger partial charge is 0.337 e. The monoisotopic (exact) mass is 376 g/mol. The Morgan fingerprint density at radius 3 is 2.69 bits per heavy atom. The molecule has 1 fully saturated rings. The lowest BCUT2D eigenvalue weighted by Gasteiger charge is -2.24. The number of rotatable bonds is 4. The summed E-state index contributed by atoms with van der Waals surface area (Å²) in [6, 6.07) is 4.35. The van der Waals surface area contributed by atoms with E-state index in [0.717, 1.165) is 23.5 Å². The highest BCUT2D eigenvalue weighted by atomic mass is 32.1. The second-order valence-electron chi connectivity index (χ2n) is 6.43. The fourth-order valence-corrected chi connectivity index (χ4v) is 4.14. The number of benzene rings is 1. The Morgan fingerprint density at radius 1 is 1.35 bits per heavy atom. The first-order valence-corrected chi connectivity index (χ1v) is 9.39. The zero-order valence-electron chi connectivity index (χ0n) is 15.0. The van der Waals surface area contributed by atoms with Gasteiger partial charge >= 0.3 is 5.97 Å². The quantitative estimate of drug-likeness (QED) is 0.749. The van der Waals surface area contributed by atoms with Crippen LogP contribution >= 0.6 is 11.3 Å². The number of nitrogens with zero attached hydrogens (tertiary/aromatic N) is 2. The van der Waals surface area contributed by atoms with Crippen molar-refractivity contribution in [1.82, 2.24) is 9.88 Å². The summed E-state index contributed by atoms with van der Waals surface area (Å²) < 4.78 is 18.6. The Bertz CT molecular complexity index is 834. The lowest BCUT2D eigenvalue weighted by Crippen LogP contribution is -2.30. The molecule has 7 heteroatoms. The molecule has 0 aliphatic carbocycles. The van der Waals surface area contributed by atoms with Crippen LogP contribution in [0.4, 0.5) is 4.39 Å². The summed E-state index contributed by atoms with van der Waals surface area (Å²) in [5.74, 6) is -0.803. The van der Waals surface area contributed by atoms with Gasteiger partial charge in [0, 0.05) is 23.2 Å². The number of methoxy groups -OCH3 is 1. The van der Waals surface area contributed by atoms with Gasteiger partial charge in [-0.1, -0.05) is 0 Å². The van der Waals surface area contributed by atoms with Gasteiger partial charge in [0.15, 0.2) is 0 Å². The average Bonchev–Trinajstić information content (AvgIpc) is 3.28.